The number of rotatable bonds is 8. The number of halogens is 2. The molecule has 19 heavy (non-hydrogen) atoms. The first-order valence-corrected chi connectivity index (χ1v) is 8.27. The molecule has 108 valence electrons. The Kier molecular flexibility index (Phi) is 7.27. The maximum atomic E-state index is 11.9. The lowest BCUT2D eigenvalue weighted by Gasteiger charge is -2.08. The maximum absolute atomic E-state index is 11.9. The van der Waals surface area contributed by atoms with Gasteiger partial charge in [-0.2, -0.15) is 0 Å². The molecule has 1 rings (SSSR count). The number of benzene rings is 1. The van der Waals surface area contributed by atoms with Crippen molar-refractivity contribution in [2.45, 2.75) is 4.90 Å². The van der Waals surface area contributed by atoms with Gasteiger partial charge in [0.05, 0.1) is 16.5 Å². The highest BCUT2D eigenvalue weighted by molar-refractivity contribution is 9.10. The van der Waals surface area contributed by atoms with Gasteiger partial charge >= 0.3 is 0 Å². The monoisotopic (exact) mass is 370 g/mol. The molecule has 0 aliphatic carbocycles. The van der Waals surface area contributed by atoms with Crippen molar-refractivity contribution in [3.05, 3.63) is 27.7 Å². The summed E-state index contributed by atoms with van der Waals surface area (Å²) in [4.78, 5) is 0.151. The number of methoxy groups -OCH3 is 1. The molecule has 0 bridgehead atoms. The van der Waals surface area contributed by atoms with Crippen LogP contribution in [0.3, 0.4) is 0 Å². The zero-order chi connectivity index (χ0) is 14.3. The standard InChI is InChI=1S/C11H16BrClN2O3S/c1-18-7-6-14-4-5-15-19(16,17)9-2-3-10(12)11(13)8-9/h2-3,8,14-15H,4-7H2,1H3. The topological polar surface area (TPSA) is 67.4 Å². The Bertz CT molecular complexity index is 511. The quantitative estimate of drug-likeness (QED) is 0.681. The summed E-state index contributed by atoms with van der Waals surface area (Å²) in [5.41, 5.74) is 0. The molecule has 0 amide bonds. The Morgan fingerprint density at radius 3 is 2.68 bits per heavy atom. The van der Waals surface area contributed by atoms with E-state index >= 15 is 0 Å². The smallest absolute Gasteiger partial charge is 0.240 e. The maximum Gasteiger partial charge on any atom is 0.240 e. The van der Waals surface area contributed by atoms with Gasteiger partial charge in [-0.1, -0.05) is 11.6 Å². The summed E-state index contributed by atoms with van der Waals surface area (Å²) in [6.07, 6.45) is 0. The molecule has 0 saturated carbocycles. The minimum Gasteiger partial charge on any atom is -0.383 e. The van der Waals surface area contributed by atoms with Crippen molar-refractivity contribution in [3.63, 3.8) is 0 Å². The van der Waals surface area contributed by atoms with Crippen molar-refractivity contribution >= 4 is 37.6 Å². The predicted octanol–water partition coefficient (Wildman–Crippen LogP) is 1.62. The Balaban J connectivity index is 2.49. The lowest BCUT2D eigenvalue weighted by molar-refractivity contribution is 0.199. The summed E-state index contributed by atoms with van der Waals surface area (Å²) in [6, 6.07) is 4.51. The molecule has 2 N–H and O–H groups in total. The van der Waals surface area contributed by atoms with Crippen LogP contribution in [0.1, 0.15) is 0 Å². The minimum absolute atomic E-state index is 0.151. The van der Waals surface area contributed by atoms with E-state index in [1.807, 2.05) is 0 Å². The van der Waals surface area contributed by atoms with Gasteiger partial charge in [0, 0.05) is 31.2 Å². The summed E-state index contributed by atoms with van der Waals surface area (Å²) in [6.45, 7) is 2.12. The molecule has 5 nitrogen and oxygen atoms in total. The molecule has 0 radical (unpaired) electrons. The van der Waals surface area contributed by atoms with E-state index in [0.29, 0.717) is 35.7 Å². The zero-order valence-corrected chi connectivity index (χ0v) is 13.6. The van der Waals surface area contributed by atoms with Crippen LogP contribution in [0.4, 0.5) is 0 Å². The highest BCUT2D eigenvalue weighted by atomic mass is 79.9. The Morgan fingerprint density at radius 1 is 1.32 bits per heavy atom. The third-order valence-electron chi connectivity index (χ3n) is 2.28. The van der Waals surface area contributed by atoms with Crippen molar-refractivity contribution < 1.29 is 13.2 Å². The first-order chi connectivity index (χ1) is 8.97. The van der Waals surface area contributed by atoms with Crippen LogP contribution in [0.2, 0.25) is 5.02 Å². The molecule has 0 spiro atoms. The molecule has 0 fully saturated rings. The number of nitrogens with one attached hydrogen (secondary N) is 2. The molecule has 1 aromatic carbocycles. The SMILES string of the molecule is COCCNCCNS(=O)(=O)c1ccc(Br)c(Cl)c1. The van der Waals surface area contributed by atoms with Crippen LogP contribution in [-0.4, -0.2) is 41.8 Å². The molecule has 0 aromatic heterocycles. The van der Waals surface area contributed by atoms with Crippen molar-refractivity contribution in [2.75, 3.05) is 33.4 Å². The average molecular weight is 372 g/mol. The van der Waals surface area contributed by atoms with E-state index < -0.39 is 10.0 Å². The van der Waals surface area contributed by atoms with Gasteiger partial charge in [0.2, 0.25) is 10.0 Å². The lowest BCUT2D eigenvalue weighted by atomic mass is 10.4. The highest BCUT2D eigenvalue weighted by Crippen LogP contribution is 2.25. The van der Waals surface area contributed by atoms with E-state index in [2.05, 4.69) is 26.0 Å². The van der Waals surface area contributed by atoms with E-state index in [0.717, 1.165) is 0 Å². The fourth-order valence-corrected chi connectivity index (χ4v) is 2.85. The predicted molar refractivity (Wildman–Crippen MR) is 79.1 cm³/mol. The summed E-state index contributed by atoms with van der Waals surface area (Å²) in [5, 5.41) is 3.41. The Hall–Kier alpha value is -0.180. The summed E-state index contributed by atoms with van der Waals surface area (Å²) >= 11 is 9.09. The van der Waals surface area contributed by atoms with E-state index in [4.69, 9.17) is 16.3 Å². The van der Waals surface area contributed by atoms with Gasteiger partial charge in [0.25, 0.3) is 0 Å². The molecule has 1 aromatic rings. The molecule has 0 aliphatic rings. The van der Waals surface area contributed by atoms with Crippen molar-refractivity contribution in [3.8, 4) is 0 Å². The highest BCUT2D eigenvalue weighted by Gasteiger charge is 2.14. The third kappa shape index (κ3) is 5.76. The van der Waals surface area contributed by atoms with E-state index in [1.54, 1.807) is 13.2 Å². The first kappa shape index (κ1) is 16.9. The van der Waals surface area contributed by atoms with Crippen LogP contribution in [0.15, 0.2) is 27.6 Å². The van der Waals surface area contributed by atoms with Crippen molar-refractivity contribution in [1.82, 2.24) is 10.0 Å². The molecule has 0 atom stereocenters. The first-order valence-electron chi connectivity index (χ1n) is 5.62. The van der Waals surface area contributed by atoms with Crippen molar-refractivity contribution in [1.29, 1.82) is 0 Å². The van der Waals surface area contributed by atoms with Crippen LogP contribution in [0, 0.1) is 0 Å². The van der Waals surface area contributed by atoms with E-state index in [9.17, 15) is 8.42 Å². The molecular weight excluding hydrogens is 356 g/mol. The van der Waals surface area contributed by atoms with Gasteiger partial charge < -0.3 is 10.1 Å². The number of hydrogen-bond acceptors (Lipinski definition) is 4. The van der Waals surface area contributed by atoms with Crippen molar-refractivity contribution in [2.24, 2.45) is 0 Å². The van der Waals surface area contributed by atoms with Crippen LogP contribution >= 0.6 is 27.5 Å². The summed E-state index contributed by atoms with van der Waals surface area (Å²) in [7, 11) is -1.91. The summed E-state index contributed by atoms with van der Waals surface area (Å²) in [5.74, 6) is 0. The number of ether oxygens (including phenoxy) is 1. The second-order valence-corrected chi connectivity index (χ2v) is 6.74. The van der Waals surface area contributed by atoms with Gasteiger partial charge in [-0.05, 0) is 34.1 Å². The fraction of sp³-hybridized carbons (Fsp3) is 0.455. The third-order valence-corrected chi connectivity index (χ3v) is 4.97. The number of hydrogen-bond donors (Lipinski definition) is 2. The molecule has 8 heteroatoms. The van der Waals surface area contributed by atoms with Gasteiger partial charge in [-0.3, -0.25) is 0 Å². The van der Waals surface area contributed by atoms with Crippen LogP contribution in [-0.2, 0) is 14.8 Å². The molecule has 0 unspecified atom stereocenters. The van der Waals surface area contributed by atoms with Crippen LogP contribution in [0.25, 0.3) is 0 Å². The minimum atomic E-state index is -3.52. The van der Waals surface area contributed by atoms with Crippen LogP contribution in [0.5, 0.6) is 0 Å². The van der Waals surface area contributed by atoms with E-state index in [-0.39, 0.29) is 4.90 Å². The number of sulfonamides is 1. The average Bonchev–Trinajstić information content (AvgIpc) is 2.36. The summed E-state index contributed by atoms with van der Waals surface area (Å²) < 4.78 is 31.9. The van der Waals surface area contributed by atoms with Gasteiger partial charge in [0.1, 0.15) is 0 Å². The second-order valence-electron chi connectivity index (χ2n) is 3.72. The molecule has 0 aliphatic heterocycles. The molecular formula is C11H16BrClN2O3S. The molecule has 0 saturated heterocycles. The largest absolute Gasteiger partial charge is 0.383 e. The Labute approximate surface area is 126 Å². The Morgan fingerprint density at radius 2 is 2.05 bits per heavy atom. The lowest BCUT2D eigenvalue weighted by Crippen LogP contribution is -2.33. The zero-order valence-electron chi connectivity index (χ0n) is 10.4. The van der Waals surface area contributed by atoms with Gasteiger partial charge in [-0.15, -0.1) is 0 Å². The van der Waals surface area contributed by atoms with Gasteiger partial charge in [-0.25, -0.2) is 13.1 Å². The van der Waals surface area contributed by atoms with E-state index in [1.165, 1.54) is 12.1 Å². The van der Waals surface area contributed by atoms with Gasteiger partial charge in [0.15, 0.2) is 0 Å². The fourth-order valence-electron chi connectivity index (χ4n) is 1.30. The second kappa shape index (κ2) is 8.18. The van der Waals surface area contributed by atoms with Crippen LogP contribution < -0.4 is 10.0 Å². The molecule has 0 heterocycles. The normalized spacial score (nSPS) is 11.7.